The van der Waals surface area contributed by atoms with Gasteiger partial charge in [0.15, 0.2) is 0 Å². The molecule has 2 aliphatic rings. The molecule has 0 unspecified atom stereocenters. The summed E-state index contributed by atoms with van der Waals surface area (Å²) in [6.45, 7) is 0.485. The fourth-order valence-corrected chi connectivity index (χ4v) is 4.62. The zero-order valence-corrected chi connectivity index (χ0v) is 14.1. The van der Waals surface area contributed by atoms with Gasteiger partial charge in [0.1, 0.15) is 5.69 Å². The van der Waals surface area contributed by atoms with Gasteiger partial charge in [0.2, 0.25) is 0 Å². The number of carbonyl (C=O) groups is 1. The van der Waals surface area contributed by atoms with Gasteiger partial charge in [0.25, 0.3) is 5.91 Å². The lowest BCUT2D eigenvalue weighted by Gasteiger charge is -2.52. The minimum Gasteiger partial charge on any atom is -0.385 e. The Bertz CT molecular complexity index is 813. The molecule has 2 fully saturated rings. The number of aromatic nitrogens is 2. The van der Waals surface area contributed by atoms with E-state index in [4.69, 9.17) is 0 Å². The molecule has 6 heteroatoms. The van der Waals surface area contributed by atoms with Gasteiger partial charge in [-0.1, -0.05) is 43.2 Å². The first kappa shape index (κ1) is 16.1. The van der Waals surface area contributed by atoms with Crippen LogP contribution in [-0.2, 0) is 5.60 Å². The van der Waals surface area contributed by atoms with E-state index in [0.29, 0.717) is 18.7 Å². The van der Waals surface area contributed by atoms with Crippen LogP contribution in [0.2, 0.25) is 0 Å². The Morgan fingerprint density at radius 1 is 1.20 bits per heavy atom. The molecule has 2 heterocycles. The number of H-pyrrole nitrogens is 2. The minimum absolute atomic E-state index is 0.00129. The van der Waals surface area contributed by atoms with Gasteiger partial charge in [-0.3, -0.25) is 4.79 Å². The number of fused-ring (bicyclic) bond motifs is 1. The Labute approximate surface area is 145 Å². The van der Waals surface area contributed by atoms with Crippen molar-refractivity contribution in [3.8, 4) is 0 Å². The number of benzene rings is 1. The maximum atomic E-state index is 12.9. The molecule has 1 amide bonds. The maximum absolute atomic E-state index is 12.9. The van der Waals surface area contributed by atoms with Crippen molar-refractivity contribution in [1.82, 2.24) is 14.9 Å². The van der Waals surface area contributed by atoms with Gasteiger partial charge in [-0.25, -0.2) is 4.79 Å². The smallest absolute Gasteiger partial charge is 0.323 e. The second-order valence-electron chi connectivity index (χ2n) is 7.15. The van der Waals surface area contributed by atoms with E-state index in [0.717, 1.165) is 31.2 Å². The van der Waals surface area contributed by atoms with Gasteiger partial charge in [0.05, 0.1) is 5.60 Å². The van der Waals surface area contributed by atoms with Crippen LogP contribution in [-0.4, -0.2) is 38.5 Å². The van der Waals surface area contributed by atoms with Crippen LogP contribution >= 0.6 is 0 Å². The van der Waals surface area contributed by atoms with Gasteiger partial charge in [-0.05, 0) is 24.8 Å². The standard InChI is InChI=1S/C19H23N3O3/c23-17(15-12-20-18(24)21-15)22-11-10-19(25,13-6-2-1-3-7-13)14-8-4-5-9-16(14)22/h1-3,6-7,12,14,16,25H,4-5,8-11H2,(H2,20,21,24)/t14-,16-,19-/m1/s1. The molecule has 0 spiro atoms. The summed E-state index contributed by atoms with van der Waals surface area (Å²) in [7, 11) is 0. The number of nitrogens with zero attached hydrogens (tertiary/aromatic N) is 1. The maximum Gasteiger partial charge on any atom is 0.323 e. The summed E-state index contributed by atoms with van der Waals surface area (Å²) in [6, 6.07) is 9.81. The van der Waals surface area contributed by atoms with Crippen LogP contribution in [0.1, 0.15) is 48.2 Å². The summed E-state index contributed by atoms with van der Waals surface area (Å²) in [6.07, 6.45) is 5.86. The Morgan fingerprint density at radius 3 is 2.68 bits per heavy atom. The van der Waals surface area contributed by atoms with Crippen LogP contribution in [0, 0.1) is 5.92 Å². The largest absolute Gasteiger partial charge is 0.385 e. The molecule has 1 aliphatic heterocycles. The molecule has 6 nitrogen and oxygen atoms in total. The molecule has 25 heavy (non-hydrogen) atoms. The van der Waals surface area contributed by atoms with Crippen LogP contribution in [0.5, 0.6) is 0 Å². The number of carbonyl (C=O) groups excluding carboxylic acids is 1. The van der Waals surface area contributed by atoms with Crippen molar-refractivity contribution in [2.45, 2.75) is 43.7 Å². The van der Waals surface area contributed by atoms with E-state index >= 15 is 0 Å². The topological polar surface area (TPSA) is 89.2 Å². The molecule has 0 radical (unpaired) electrons. The lowest BCUT2D eigenvalue weighted by molar-refractivity contribution is -0.110. The van der Waals surface area contributed by atoms with E-state index in [1.165, 1.54) is 6.20 Å². The summed E-state index contributed by atoms with van der Waals surface area (Å²) >= 11 is 0. The molecule has 132 valence electrons. The molecule has 4 rings (SSSR count). The van der Waals surface area contributed by atoms with E-state index < -0.39 is 5.60 Å². The van der Waals surface area contributed by atoms with E-state index in [-0.39, 0.29) is 23.6 Å². The molecule has 3 atom stereocenters. The molecule has 1 saturated heterocycles. The van der Waals surface area contributed by atoms with Crippen molar-refractivity contribution in [2.24, 2.45) is 5.92 Å². The van der Waals surface area contributed by atoms with Gasteiger partial charge >= 0.3 is 5.69 Å². The fraction of sp³-hybridized carbons (Fsp3) is 0.474. The predicted molar refractivity (Wildman–Crippen MR) is 93.2 cm³/mol. The normalized spacial score (nSPS) is 29.2. The van der Waals surface area contributed by atoms with E-state index in [9.17, 15) is 14.7 Å². The predicted octanol–water partition coefficient (Wildman–Crippen LogP) is 2.00. The minimum atomic E-state index is -0.894. The number of rotatable bonds is 2. The number of imidazole rings is 1. The average molecular weight is 341 g/mol. The number of hydrogen-bond acceptors (Lipinski definition) is 3. The first-order valence-corrected chi connectivity index (χ1v) is 8.96. The van der Waals surface area contributed by atoms with Gasteiger partial charge in [-0.2, -0.15) is 0 Å². The van der Waals surface area contributed by atoms with Crippen molar-refractivity contribution in [3.05, 3.63) is 58.3 Å². The highest BCUT2D eigenvalue weighted by Crippen LogP contribution is 2.47. The zero-order valence-electron chi connectivity index (χ0n) is 14.1. The van der Waals surface area contributed by atoms with Gasteiger partial charge in [0, 0.05) is 24.7 Å². The SMILES string of the molecule is O=C(c1c[nH]c(=O)[nH]1)N1CC[C@@](O)(c2ccccc2)[C@@H]2CCCC[C@H]21. The molecule has 1 aromatic heterocycles. The molecular weight excluding hydrogens is 318 g/mol. The molecule has 1 saturated carbocycles. The Kier molecular flexibility index (Phi) is 4.00. The third-order valence-electron chi connectivity index (χ3n) is 5.84. The monoisotopic (exact) mass is 341 g/mol. The lowest BCUT2D eigenvalue weighted by atomic mass is 9.66. The van der Waals surface area contributed by atoms with Crippen LogP contribution in [0.3, 0.4) is 0 Å². The van der Waals surface area contributed by atoms with Crippen molar-refractivity contribution in [3.63, 3.8) is 0 Å². The van der Waals surface area contributed by atoms with Crippen LogP contribution in [0.4, 0.5) is 0 Å². The van der Waals surface area contributed by atoms with Crippen molar-refractivity contribution >= 4 is 5.91 Å². The van der Waals surface area contributed by atoms with Gasteiger partial charge < -0.3 is 20.0 Å². The molecule has 2 aromatic rings. The second-order valence-corrected chi connectivity index (χ2v) is 7.15. The third kappa shape index (κ3) is 2.70. The van der Waals surface area contributed by atoms with Crippen molar-refractivity contribution < 1.29 is 9.90 Å². The molecule has 1 aliphatic carbocycles. The lowest BCUT2D eigenvalue weighted by Crippen LogP contribution is -2.59. The van der Waals surface area contributed by atoms with Crippen LogP contribution in [0.25, 0.3) is 0 Å². The highest BCUT2D eigenvalue weighted by molar-refractivity contribution is 5.92. The number of piperidine rings is 1. The number of hydrogen-bond donors (Lipinski definition) is 3. The third-order valence-corrected chi connectivity index (χ3v) is 5.84. The second kappa shape index (κ2) is 6.19. The number of likely N-dealkylation sites (tertiary alicyclic amines) is 1. The van der Waals surface area contributed by atoms with E-state index in [2.05, 4.69) is 9.97 Å². The number of nitrogens with one attached hydrogen (secondary N) is 2. The van der Waals surface area contributed by atoms with Gasteiger partial charge in [-0.15, -0.1) is 0 Å². The summed E-state index contributed by atoms with van der Waals surface area (Å²) < 4.78 is 0. The first-order chi connectivity index (χ1) is 12.1. The number of aliphatic hydroxyl groups is 1. The Balaban J connectivity index is 1.66. The zero-order chi connectivity index (χ0) is 17.4. The Hall–Kier alpha value is -2.34. The summed E-state index contributed by atoms with van der Waals surface area (Å²) in [5.74, 6) is -0.141. The van der Waals surface area contributed by atoms with Crippen molar-refractivity contribution in [2.75, 3.05) is 6.54 Å². The van der Waals surface area contributed by atoms with E-state index in [1.54, 1.807) is 0 Å². The number of aromatic amines is 2. The quantitative estimate of drug-likeness (QED) is 0.780. The van der Waals surface area contributed by atoms with Crippen molar-refractivity contribution in [1.29, 1.82) is 0 Å². The average Bonchev–Trinajstić information content (AvgIpc) is 3.09. The molecular formula is C19H23N3O3. The first-order valence-electron chi connectivity index (χ1n) is 8.96. The fourth-order valence-electron chi connectivity index (χ4n) is 4.62. The van der Waals surface area contributed by atoms with Crippen LogP contribution < -0.4 is 5.69 Å². The highest BCUT2D eigenvalue weighted by Gasteiger charge is 2.50. The molecule has 3 N–H and O–H groups in total. The summed E-state index contributed by atoms with van der Waals surface area (Å²) in [5.41, 5.74) is -0.0378. The molecule has 1 aromatic carbocycles. The van der Waals surface area contributed by atoms with E-state index in [1.807, 2.05) is 35.2 Å². The Morgan fingerprint density at radius 2 is 1.96 bits per heavy atom. The summed E-state index contributed by atoms with van der Waals surface area (Å²) in [5, 5.41) is 11.5. The highest BCUT2D eigenvalue weighted by atomic mass is 16.3. The molecule has 0 bridgehead atoms. The number of amides is 1. The van der Waals surface area contributed by atoms with Crippen LogP contribution in [0.15, 0.2) is 41.3 Å². The summed E-state index contributed by atoms with van der Waals surface area (Å²) in [4.78, 5) is 31.1.